The van der Waals surface area contributed by atoms with Crippen LogP contribution in [0.15, 0.2) is 0 Å². The van der Waals surface area contributed by atoms with Crippen molar-refractivity contribution in [1.29, 1.82) is 0 Å². The third-order valence-electron chi connectivity index (χ3n) is 8.27. The van der Waals surface area contributed by atoms with Gasteiger partial charge in [0.25, 0.3) is 5.79 Å². The number of hydrogen-bond donors (Lipinski definition) is 13. The van der Waals surface area contributed by atoms with E-state index in [0.29, 0.717) is 0 Å². The Balaban J connectivity index is 1.93. The predicted molar refractivity (Wildman–Crippen MR) is 153 cm³/mol. The zero-order chi connectivity index (χ0) is 37.0. The summed E-state index contributed by atoms with van der Waals surface area (Å²) < 4.78 is 27.8. The first-order valence-corrected chi connectivity index (χ1v) is 15.2. The summed E-state index contributed by atoms with van der Waals surface area (Å²) in [5.74, 6) is -6.93. The Hall–Kier alpha value is -2.68. The highest BCUT2D eigenvalue weighted by molar-refractivity contribution is 5.76. The molecule has 49 heavy (non-hydrogen) atoms. The Bertz CT molecular complexity index is 1170. The molecule has 22 heteroatoms. The van der Waals surface area contributed by atoms with Crippen LogP contribution >= 0.6 is 0 Å². The number of carbonyl (C=O) groups excluding carboxylic acids is 3. The Morgan fingerprint density at radius 1 is 0.816 bits per heavy atom. The maximum absolute atomic E-state index is 12.5. The summed E-state index contributed by atoms with van der Waals surface area (Å²) in [4.78, 5) is 48.2. The molecule has 0 aliphatic carbocycles. The molecule has 0 bridgehead atoms. The van der Waals surface area contributed by atoms with Gasteiger partial charge >= 0.3 is 5.97 Å². The Kier molecular flexibility index (Phi) is 14.2. The molecule has 0 radical (unpaired) electrons. The van der Waals surface area contributed by atoms with Gasteiger partial charge in [-0.15, -0.1) is 0 Å². The molecule has 3 heterocycles. The van der Waals surface area contributed by atoms with Gasteiger partial charge in [0.15, 0.2) is 12.6 Å². The topological polar surface area (TPSA) is 353 Å². The summed E-state index contributed by atoms with van der Waals surface area (Å²) in [6, 6.07) is -4.60. The minimum absolute atomic E-state index is 0.704. The van der Waals surface area contributed by atoms with Gasteiger partial charge in [0.2, 0.25) is 17.7 Å². The van der Waals surface area contributed by atoms with Gasteiger partial charge in [-0.1, -0.05) is 0 Å². The van der Waals surface area contributed by atoms with E-state index in [2.05, 4.69) is 16.0 Å². The third kappa shape index (κ3) is 9.36. The number of aliphatic hydroxyl groups excluding tert-OH is 9. The molecule has 0 aromatic rings. The summed E-state index contributed by atoms with van der Waals surface area (Å²) in [5.41, 5.74) is 0. The van der Waals surface area contributed by atoms with E-state index < -0.39 is 147 Å². The zero-order valence-corrected chi connectivity index (χ0v) is 26.6. The Morgan fingerprint density at radius 3 is 1.92 bits per heavy atom. The van der Waals surface area contributed by atoms with E-state index in [1.54, 1.807) is 0 Å². The number of nitrogens with one attached hydrogen (secondary N) is 3. The molecule has 3 fully saturated rings. The number of aliphatic carboxylic acids is 1. The number of ether oxygens (including phenoxy) is 5. The Labute approximate surface area is 278 Å². The maximum atomic E-state index is 12.5. The second-order valence-corrected chi connectivity index (χ2v) is 12.0. The van der Waals surface area contributed by atoms with Gasteiger partial charge in [-0.2, -0.15) is 0 Å². The zero-order valence-electron chi connectivity index (χ0n) is 26.6. The molecule has 3 aliphatic rings. The van der Waals surface area contributed by atoms with E-state index >= 15 is 0 Å². The van der Waals surface area contributed by atoms with Gasteiger partial charge in [-0.05, 0) is 0 Å². The molecular weight excluding hydrogens is 670 g/mol. The van der Waals surface area contributed by atoms with Gasteiger partial charge in [0.05, 0.1) is 32.0 Å². The van der Waals surface area contributed by atoms with E-state index in [4.69, 9.17) is 23.7 Å². The smallest absolute Gasteiger partial charge is 0.364 e. The average molecular weight is 716 g/mol. The van der Waals surface area contributed by atoms with Crippen molar-refractivity contribution in [3.63, 3.8) is 0 Å². The number of carboxylic acid groups (broad SMARTS) is 1. The van der Waals surface area contributed by atoms with Crippen LogP contribution in [-0.2, 0) is 42.9 Å². The number of carboxylic acids is 1. The van der Waals surface area contributed by atoms with Crippen LogP contribution in [-0.4, -0.2) is 192 Å². The number of hydrogen-bond acceptors (Lipinski definition) is 18. The summed E-state index contributed by atoms with van der Waals surface area (Å²) in [6.07, 6.45) is -22.8. The van der Waals surface area contributed by atoms with Gasteiger partial charge in [0.1, 0.15) is 67.0 Å². The number of amides is 3. The molecule has 3 amide bonds. The van der Waals surface area contributed by atoms with Crippen LogP contribution < -0.4 is 16.0 Å². The second-order valence-electron chi connectivity index (χ2n) is 12.0. The van der Waals surface area contributed by atoms with Crippen LogP contribution in [0.4, 0.5) is 0 Å². The highest BCUT2D eigenvalue weighted by Gasteiger charge is 2.57. The molecule has 0 unspecified atom stereocenters. The summed E-state index contributed by atoms with van der Waals surface area (Å²) in [5, 5.41) is 111. The normalized spacial score (nSPS) is 40.9. The number of aliphatic hydroxyl groups is 9. The average Bonchev–Trinajstić information content (AvgIpc) is 3.02. The lowest BCUT2D eigenvalue weighted by atomic mass is 9.88. The van der Waals surface area contributed by atoms with Crippen LogP contribution in [0.5, 0.6) is 0 Å². The van der Waals surface area contributed by atoms with E-state index in [9.17, 15) is 70.2 Å². The minimum atomic E-state index is -2.86. The number of rotatable bonds is 13. The van der Waals surface area contributed by atoms with Gasteiger partial charge in [0, 0.05) is 27.2 Å². The van der Waals surface area contributed by atoms with E-state index in [-0.39, 0.29) is 0 Å². The molecule has 16 atom stereocenters. The lowest BCUT2D eigenvalue weighted by Gasteiger charge is -2.49. The van der Waals surface area contributed by atoms with Gasteiger partial charge in [-0.3, -0.25) is 14.4 Å². The lowest BCUT2D eigenvalue weighted by molar-refractivity contribution is -0.343. The first-order chi connectivity index (χ1) is 22.9. The maximum Gasteiger partial charge on any atom is 0.364 e. The molecular formula is C27H45N3O19. The van der Waals surface area contributed by atoms with Crippen LogP contribution in [0.25, 0.3) is 0 Å². The molecule has 0 aromatic heterocycles. The van der Waals surface area contributed by atoms with Crippen molar-refractivity contribution < 1.29 is 93.9 Å². The molecule has 3 saturated heterocycles. The molecule has 22 nitrogen and oxygen atoms in total. The van der Waals surface area contributed by atoms with Crippen LogP contribution in [0, 0.1) is 0 Å². The highest BCUT2D eigenvalue weighted by atomic mass is 16.7. The van der Waals surface area contributed by atoms with Crippen molar-refractivity contribution >= 4 is 23.7 Å². The van der Waals surface area contributed by atoms with Crippen molar-refractivity contribution in [2.24, 2.45) is 0 Å². The molecule has 3 aliphatic heterocycles. The fourth-order valence-corrected chi connectivity index (χ4v) is 5.86. The molecule has 3 rings (SSSR count). The molecule has 282 valence electrons. The summed E-state index contributed by atoms with van der Waals surface area (Å²) in [7, 11) is 0. The van der Waals surface area contributed by atoms with Crippen LogP contribution in [0.1, 0.15) is 27.2 Å². The van der Waals surface area contributed by atoms with Crippen molar-refractivity contribution in [2.75, 3.05) is 19.8 Å². The predicted octanol–water partition coefficient (Wildman–Crippen LogP) is -7.94. The first kappa shape index (κ1) is 40.7. The molecule has 0 saturated carbocycles. The second kappa shape index (κ2) is 17.0. The van der Waals surface area contributed by atoms with Crippen molar-refractivity contribution in [1.82, 2.24) is 16.0 Å². The largest absolute Gasteiger partial charge is 0.477 e. The van der Waals surface area contributed by atoms with E-state index in [1.165, 1.54) is 0 Å². The van der Waals surface area contributed by atoms with E-state index in [0.717, 1.165) is 20.8 Å². The highest BCUT2D eigenvalue weighted by Crippen LogP contribution is 2.35. The fourth-order valence-electron chi connectivity index (χ4n) is 5.86. The lowest BCUT2D eigenvalue weighted by Crippen LogP contribution is -2.70. The summed E-state index contributed by atoms with van der Waals surface area (Å²) >= 11 is 0. The monoisotopic (exact) mass is 715 g/mol. The third-order valence-corrected chi connectivity index (χ3v) is 8.27. The number of carbonyl (C=O) groups is 4. The molecule has 0 aromatic carbocycles. The summed E-state index contributed by atoms with van der Waals surface area (Å²) in [6.45, 7) is 0.357. The van der Waals surface area contributed by atoms with Crippen molar-refractivity contribution in [3.8, 4) is 0 Å². The fraction of sp³-hybridized carbons (Fsp3) is 0.852. The van der Waals surface area contributed by atoms with E-state index in [1.807, 2.05) is 0 Å². The standard InChI is InChI=1S/C27H45N3O19/c1-8(33)28-15-11(36)4-27(26(43)44,49-23(15)18(38)12(37)5-31)45-7-14-19(39)21(41)16(29-9(2)34)25(47-14)48-22-17(30-10(3)35)24(42)46-13(6-32)20(22)40/h11-25,31-32,36-42H,4-7H2,1-3H3,(H,28,33)(H,29,34)(H,30,35)(H,43,44)/t11-,12+,13+,14+,15+,16+,17+,18+,19-,20+,21+,22+,23+,24-,25-,27+/m0/s1. The van der Waals surface area contributed by atoms with Gasteiger partial charge < -0.3 is 90.7 Å². The quantitative estimate of drug-likeness (QED) is 0.0842. The van der Waals surface area contributed by atoms with Gasteiger partial charge in [-0.25, -0.2) is 4.79 Å². The minimum Gasteiger partial charge on any atom is -0.477 e. The molecule has 0 spiro atoms. The van der Waals surface area contributed by atoms with Crippen molar-refractivity contribution in [3.05, 3.63) is 0 Å². The van der Waals surface area contributed by atoms with Crippen LogP contribution in [0.3, 0.4) is 0 Å². The SMILES string of the molecule is CC(=O)N[C@@H]1[C@@H](O[C@@H]2O[C@H](CO[C@]3(C(=O)O)C[C@H](O)[C@@H](NC(C)=O)[C@H]([C@H](O)[C@H](O)CO)O3)[C@H](O)[C@H](O)[C@H]2NC(C)=O)[C@H](O)[C@@H](CO)O[C@@H]1O. The van der Waals surface area contributed by atoms with Crippen molar-refractivity contribution in [2.45, 2.75) is 125 Å². The Morgan fingerprint density at radius 2 is 1.39 bits per heavy atom. The molecule has 13 N–H and O–H groups in total. The first-order valence-electron chi connectivity index (χ1n) is 15.2. The van der Waals surface area contributed by atoms with Crippen LogP contribution in [0.2, 0.25) is 0 Å².